The summed E-state index contributed by atoms with van der Waals surface area (Å²) >= 11 is 0. The van der Waals surface area contributed by atoms with Gasteiger partial charge < -0.3 is 15.2 Å². The second kappa shape index (κ2) is 5.75. The van der Waals surface area contributed by atoms with Crippen molar-refractivity contribution in [2.45, 2.75) is 11.7 Å². The molecule has 0 spiro atoms. The number of ether oxygens (including phenoxy) is 2. The molecule has 1 aliphatic rings. The minimum absolute atomic E-state index is 0.0795. The van der Waals surface area contributed by atoms with Gasteiger partial charge in [-0.25, -0.2) is 0 Å². The summed E-state index contributed by atoms with van der Waals surface area (Å²) in [5, 5.41) is 0. The summed E-state index contributed by atoms with van der Waals surface area (Å²) in [6, 6.07) is 20.4. The third-order valence-electron chi connectivity index (χ3n) is 3.72. The first-order valence-corrected chi connectivity index (χ1v) is 6.92. The summed E-state index contributed by atoms with van der Waals surface area (Å²) in [5.41, 5.74) is 7.41. The minimum atomic E-state index is -0.565. The molecule has 0 radical (unpaired) electrons. The number of rotatable bonds is 3. The molecule has 2 aromatic carbocycles. The Morgan fingerprint density at radius 1 is 0.950 bits per heavy atom. The molecule has 3 nitrogen and oxygen atoms in total. The molecule has 104 valence electrons. The lowest BCUT2D eigenvalue weighted by Crippen LogP contribution is -2.48. The van der Waals surface area contributed by atoms with Crippen molar-refractivity contribution in [3.05, 3.63) is 71.8 Å². The molecule has 2 N–H and O–H groups in total. The Labute approximate surface area is 119 Å². The molecule has 1 saturated heterocycles. The zero-order chi connectivity index (χ0) is 13.8. The molecule has 0 unspecified atom stereocenters. The lowest BCUT2D eigenvalue weighted by atomic mass is 9.86. The third kappa shape index (κ3) is 2.36. The highest BCUT2D eigenvalue weighted by atomic mass is 16.6. The van der Waals surface area contributed by atoms with Gasteiger partial charge in [0.25, 0.3) is 0 Å². The van der Waals surface area contributed by atoms with Crippen LogP contribution in [0.25, 0.3) is 0 Å². The van der Waals surface area contributed by atoms with Crippen LogP contribution >= 0.6 is 0 Å². The van der Waals surface area contributed by atoms with E-state index in [1.807, 2.05) is 36.4 Å². The van der Waals surface area contributed by atoms with Crippen LogP contribution in [0.1, 0.15) is 11.1 Å². The molecule has 1 atom stereocenters. The van der Waals surface area contributed by atoms with Gasteiger partial charge in [0.15, 0.2) is 0 Å². The molecule has 1 fully saturated rings. The summed E-state index contributed by atoms with van der Waals surface area (Å²) in [4.78, 5) is 0. The van der Waals surface area contributed by atoms with E-state index in [9.17, 15) is 0 Å². The van der Waals surface area contributed by atoms with Crippen molar-refractivity contribution in [2.24, 2.45) is 5.73 Å². The average Bonchev–Trinajstić information content (AvgIpc) is 2.56. The first-order chi connectivity index (χ1) is 9.85. The highest BCUT2D eigenvalue weighted by Crippen LogP contribution is 2.37. The number of nitrogens with two attached hydrogens (primary N) is 1. The van der Waals surface area contributed by atoms with Crippen LogP contribution in [-0.2, 0) is 15.1 Å². The predicted molar refractivity (Wildman–Crippen MR) is 78.4 cm³/mol. The number of hydrogen-bond donors (Lipinski definition) is 1. The molecule has 0 bridgehead atoms. The van der Waals surface area contributed by atoms with Crippen LogP contribution in [0.3, 0.4) is 0 Å². The molecule has 0 aliphatic carbocycles. The second-order valence-electron chi connectivity index (χ2n) is 5.05. The van der Waals surface area contributed by atoms with Crippen molar-refractivity contribution in [1.29, 1.82) is 0 Å². The highest BCUT2D eigenvalue weighted by molar-refractivity contribution is 5.37. The number of benzene rings is 2. The zero-order valence-corrected chi connectivity index (χ0v) is 11.4. The van der Waals surface area contributed by atoms with E-state index in [1.54, 1.807) is 0 Å². The molecular formula is C17H19NO2. The summed E-state index contributed by atoms with van der Waals surface area (Å²) in [6.07, 6.45) is -0.0795. The normalized spacial score (nSPS) is 21.6. The van der Waals surface area contributed by atoms with Crippen molar-refractivity contribution >= 4 is 0 Å². The summed E-state index contributed by atoms with van der Waals surface area (Å²) in [5.74, 6) is 0. The molecule has 0 aromatic heterocycles. The predicted octanol–water partition coefficient (Wildman–Crippen LogP) is 2.30. The maximum atomic E-state index is 6.35. The molecular weight excluding hydrogens is 250 g/mol. The molecule has 3 rings (SSSR count). The van der Waals surface area contributed by atoms with E-state index in [0.29, 0.717) is 19.8 Å². The molecule has 1 aliphatic heterocycles. The lowest BCUT2D eigenvalue weighted by molar-refractivity contribution is -0.181. The Morgan fingerprint density at radius 3 is 2.00 bits per heavy atom. The van der Waals surface area contributed by atoms with E-state index in [0.717, 1.165) is 11.1 Å². The Kier molecular flexibility index (Phi) is 3.83. The fourth-order valence-electron chi connectivity index (χ4n) is 2.69. The van der Waals surface area contributed by atoms with Gasteiger partial charge in [-0.15, -0.1) is 0 Å². The van der Waals surface area contributed by atoms with Gasteiger partial charge in [0.2, 0.25) is 0 Å². The van der Waals surface area contributed by atoms with Gasteiger partial charge in [-0.05, 0) is 11.1 Å². The minimum Gasteiger partial charge on any atom is -0.375 e. The van der Waals surface area contributed by atoms with Gasteiger partial charge in [0, 0.05) is 6.54 Å². The van der Waals surface area contributed by atoms with Crippen LogP contribution in [0.4, 0.5) is 0 Å². The molecule has 0 saturated carbocycles. The van der Waals surface area contributed by atoms with Crippen LogP contribution < -0.4 is 5.73 Å². The van der Waals surface area contributed by atoms with Crippen LogP contribution in [0.15, 0.2) is 60.7 Å². The third-order valence-corrected chi connectivity index (χ3v) is 3.72. The Hall–Kier alpha value is -1.68. The first kappa shape index (κ1) is 13.3. The van der Waals surface area contributed by atoms with E-state index in [4.69, 9.17) is 15.2 Å². The quantitative estimate of drug-likeness (QED) is 0.930. The van der Waals surface area contributed by atoms with E-state index < -0.39 is 5.60 Å². The maximum Gasteiger partial charge on any atom is 0.142 e. The van der Waals surface area contributed by atoms with Crippen LogP contribution in [0.5, 0.6) is 0 Å². The van der Waals surface area contributed by atoms with Crippen molar-refractivity contribution in [1.82, 2.24) is 0 Å². The molecule has 2 aromatic rings. The largest absolute Gasteiger partial charge is 0.375 e. The average molecular weight is 269 g/mol. The second-order valence-corrected chi connectivity index (χ2v) is 5.05. The molecule has 1 heterocycles. The monoisotopic (exact) mass is 269 g/mol. The van der Waals surface area contributed by atoms with Gasteiger partial charge in [0.1, 0.15) is 5.60 Å². The standard InChI is InChI=1S/C17H19NO2/c18-11-16-12-19-13-17(20-16,14-7-3-1-4-8-14)15-9-5-2-6-10-15/h1-10,16H,11-13,18H2/t16-/m0/s1. The van der Waals surface area contributed by atoms with Crippen molar-refractivity contribution in [3.8, 4) is 0 Å². The van der Waals surface area contributed by atoms with Crippen molar-refractivity contribution in [2.75, 3.05) is 19.8 Å². The van der Waals surface area contributed by atoms with Gasteiger partial charge in [0.05, 0.1) is 19.3 Å². The highest BCUT2D eigenvalue weighted by Gasteiger charge is 2.41. The first-order valence-electron chi connectivity index (χ1n) is 6.92. The SMILES string of the molecule is NC[C@H]1COCC(c2ccccc2)(c2ccccc2)O1. The topological polar surface area (TPSA) is 44.5 Å². The Balaban J connectivity index is 2.08. The maximum absolute atomic E-state index is 6.35. The van der Waals surface area contributed by atoms with E-state index in [1.165, 1.54) is 0 Å². The van der Waals surface area contributed by atoms with Crippen LogP contribution in [0.2, 0.25) is 0 Å². The van der Waals surface area contributed by atoms with Crippen LogP contribution in [0, 0.1) is 0 Å². The summed E-state index contributed by atoms with van der Waals surface area (Å²) in [6.45, 7) is 1.52. The van der Waals surface area contributed by atoms with Gasteiger partial charge in [-0.2, -0.15) is 0 Å². The van der Waals surface area contributed by atoms with Gasteiger partial charge >= 0.3 is 0 Å². The smallest absolute Gasteiger partial charge is 0.142 e. The van der Waals surface area contributed by atoms with Gasteiger partial charge in [-0.3, -0.25) is 0 Å². The van der Waals surface area contributed by atoms with Gasteiger partial charge in [-0.1, -0.05) is 60.7 Å². The van der Waals surface area contributed by atoms with Crippen LogP contribution in [-0.4, -0.2) is 25.9 Å². The summed E-state index contributed by atoms with van der Waals surface area (Å²) < 4.78 is 12.1. The van der Waals surface area contributed by atoms with E-state index in [-0.39, 0.29) is 6.10 Å². The van der Waals surface area contributed by atoms with Crippen molar-refractivity contribution < 1.29 is 9.47 Å². The molecule has 20 heavy (non-hydrogen) atoms. The molecule has 0 amide bonds. The Bertz CT molecular complexity index is 502. The fraction of sp³-hybridized carbons (Fsp3) is 0.294. The number of hydrogen-bond acceptors (Lipinski definition) is 3. The zero-order valence-electron chi connectivity index (χ0n) is 11.4. The molecule has 3 heteroatoms. The summed E-state index contributed by atoms with van der Waals surface area (Å²) in [7, 11) is 0. The fourth-order valence-corrected chi connectivity index (χ4v) is 2.69. The Morgan fingerprint density at radius 2 is 1.50 bits per heavy atom. The lowest BCUT2D eigenvalue weighted by Gasteiger charge is -2.41. The van der Waals surface area contributed by atoms with E-state index >= 15 is 0 Å². The van der Waals surface area contributed by atoms with Crippen molar-refractivity contribution in [3.63, 3.8) is 0 Å². The van der Waals surface area contributed by atoms with E-state index in [2.05, 4.69) is 24.3 Å².